The van der Waals surface area contributed by atoms with Crippen LogP contribution >= 0.6 is 15.9 Å². The quantitative estimate of drug-likeness (QED) is 0.845. The number of amides is 1. The second-order valence-corrected chi connectivity index (χ2v) is 6.21. The van der Waals surface area contributed by atoms with Crippen molar-refractivity contribution in [2.45, 2.75) is 38.3 Å². The lowest BCUT2D eigenvalue weighted by molar-refractivity contribution is 0.140. The van der Waals surface area contributed by atoms with Crippen molar-refractivity contribution in [2.24, 2.45) is 4.99 Å². The van der Waals surface area contributed by atoms with Gasteiger partial charge in [-0.1, -0.05) is 28.1 Å². The second-order valence-electron chi connectivity index (χ2n) is 5.36. The van der Waals surface area contributed by atoms with Crippen LogP contribution in [0.25, 0.3) is 0 Å². The topological polar surface area (TPSA) is 59.9 Å². The Morgan fingerprint density at radius 1 is 1.57 bits per heavy atom. The maximum atomic E-state index is 11.5. The van der Waals surface area contributed by atoms with Gasteiger partial charge in [0, 0.05) is 17.3 Å². The SMILES string of the molecule is CCOC(=O)NC1=NC2(Cc3cccc(Br)c3C2)C(C)O1. The number of amidine groups is 1. The van der Waals surface area contributed by atoms with E-state index in [4.69, 9.17) is 9.47 Å². The number of hydrogen-bond donors (Lipinski definition) is 1. The Bertz CT molecular complexity index is 617. The first-order valence-corrected chi connectivity index (χ1v) is 7.80. The predicted molar refractivity (Wildman–Crippen MR) is 82.4 cm³/mol. The number of alkyl carbamates (subject to hydrolysis) is 1. The molecule has 1 aliphatic carbocycles. The summed E-state index contributed by atoms with van der Waals surface area (Å²) in [5.41, 5.74) is 2.22. The highest BCUT2D eigenvalue weighted by Crippen LogP contribution is 2.42. The minimum Gasteiger partial charge on any atom is -0.459 e. The van der Waals surface area contributed by atoms with E-state index in [0.29, 0.717) is 6.61 Å². The van der Waals surface area contributed by atoms with Gasteiger partial charge in [-0.05, 0) is 31.0 Å². The number of rotatable bonds is 1. The Morgan fingerprint density at radius 2 is 2.38 bits per heavy atom. The molecule has 0 saturated heterocycles. The Balaban J connectivity index is 1.82. The molecule has 21 heavy (non-hydrogen) atoms. The number of fused-ring (bicyclic) bond motifs is 1. The van der Waals surface area contributed by atoms with Gasteiger partial charge in [0.05, 0.1) is 6.61 Å². The van der Waals surface area contributed by atoms with Crippen molar-refractivity contribution in [3.05, 3.63) is 33.8 Å². The zero-order valence-corrected chi connectivity index (χ0v) is 13.6. The highest BCUT2D eigenvalue weighted by molar-refractivity contribution is 9.10. The molecule has 6 heteroatoms. The Hall–Kier alpha value is -1.56. The fourth-order valence-electron chi connectivity index (χ4n) is 2.94. The molecule has 112 valence electrons. The summed E-state index contributed by atoms with van der Waals surface area (Å²) in [6.07, 6.45) is 1.00. The number of ether oxygens (including phenoxy) is 2. The van der Waals surface area contributed by atoms with Gasteiger partial charge in [0.15, 0.2) is 0 Å². The Morgan fingerprint density at radius 3 is 3.10 bits per heavy atom. The second kappa shape index (κ2) is 5.33. The molecule has 1 N–H and O–H groups in total. The van der Waals surface area contributed by atoms with Gasteiger partial charge >= 0.3 is 6.09 Å². The maximum Gasteiger partial charge on any atom is 0.415 e. The number of aliphatic imine (C=N–C) groups is 1. The lowest BCUT2D eigenvalue weighted by Crippen LogP contribution is -2.37. The summed E-state index contributed by atoms with van der Waals surface area (Å²) in [5.74, 6) is 0. The summed E-state index contributed by atoms with van der Waals surface area (Å²) in [6, 6.07) is 6.45. The number of nitrogens with zero attached hydrogens (tertiary/aromatic N) is 1. The first-order chi connectivity index (χ1) is 10.0. The number of benzene rings is 1. The van der Waals surface area contributed by atoms with Crippen LogP contribution in [0.5, 0.6) is 0 Å². The largest absolute Gasteiger partial charge is 0.459 e. The molecule has 1 amide bonds. The van der Waals surface area contributed by atoms with Gasteiger partial charge < -0.3 is 9.47 Å². The van der Waals surface area contributed by atoms with E-state index >= 15 is 0 Å². The van der Waals surface area contributed by atoms with Crippen molar-refractivity contribution in [2.75, 3.05) is 6.61 Å². The van der Waals surface area contributed by atoms with E-state index in [9.17, 15) is 4.79 Å². The summed E-state index contributed by atoms with van der Waals surface area (Å²) in [7, 11) is 0. The zero-order valence-electron chi connectivity index (χ0n) is 12.0. The average molecular weight is 353 g/mol. The monoisotopic (exact) mass is 352 g/mol. The summed E-state index contributed by atoms with van der Waals surface area (Å²) >= 11 is 3.59. The standard InChI is InChI=1S/C15H17BrN2O3/c1-3-20-14(19)17-13-18-15(9(2)21-13)7-10-5-4-6-12(16)11(10)8-15/h4-6,9H,3,7-8H2,1-2H3,(H,17,18,19). The molecule has 1 aromatic rings. The van der Waals surface area contributed by atoms with Crippen molar-refractivity contribution < 1.29 is 14.3 Å². The van der Waals surface area contributed by atoms with Crippen molar-refractivity contribution >= 4 is 28.0 Å². The van der Waals surface area contributed by atoms with E-state index in [1.165, 1.54) is 11.1 Å². The first-order valence-electron chi connectivity index (χ1n) is 7.00. The smallest absolute Gasteiger partial charge is 0.415 e. The van der Waals surface area contributed by atoms with Crippen molar-refractivity contribution in [1.82, 2.24) is 5.32 Å². The predicted octanol–water partition coefficient (Wildman–Crippen LogP) is 2.81. The molecular formula is C15H17BrN2O3. The van der Waals surface area contributed by atoms with E-state index in [2.05, 4.69) is 32.3 Å². The third-order valence-electron chi connectivity index (χ3n) is 4.05. The fraction of sp³-hybridized carbons (Fsp3) is 0.467. The summed E-state index contributed by atoms with van der Waals surface area (Å²) in [4.78, 5) is 16.1. The third-order valence-corrected chi connectivity index (χ3v) is 4.79. The summed E-state index contributed by atoms with van der Waals surface area (Å²) in [5, 5.41) is 2.56. The number of nitrogens with one attached hydrogen (secondary N) is 1. The van der Waals surface area contributed by atoms with Crippen LogP contribution in [0.4, 0.5) is 4.79 Å². The van der Waals surface area contributed by atoms with E-state index in [1.807, 2.05) is 19.1 Å². The normalized spacial score (nSPS) is 26.2. The first kappa shape index (κ1) is 14.4. The van der Waals surface area contributed by atoms with Crippen molar-refractivity contribution in [3.63, 3.8) is 0 Å². The number of carbonyl (C=O) groups is 1. The summed E-state index contributed by atoms with van der Waals surface area (Å²) < 4.78 is 11.7. The lowest BCUT2D eigenvalue weighted by Gasteiger charge is -2.23. The van der Waals surface area contributed by atoms with Crippen molar-refractivity contribution in [3.8, 4) is 0 Å². The zero-order chi connectivity index (χ0) is 15.0. The van der Waals surface area contributed by atoms with E-state index in [1.54, 1.807) is 6.92 Å². The average Bonchev–Trinajstić information content (AvgIpc) is 2.92. The lowest BCUT2D eigenvalue weighted by atomic mass is 9.91. The van der Waals surface area contributed by atoms with Crippen LogP contribution in [0.2, 0.25) is 0 Å². The van der Waals surface area contributed by atoms with Crippen LogP contribution in [0.3, 0.4) is 0 Å². The molecule has 0 fully saturated rings. The fourth-order valence-corrected chi connectivity index (χ4v) is 3.49. The minimum absolute atomic E-state index is 0.0891. The van der Waals surface area contributed by atoms with E-state index in [-0.39, 0.29) is 17.7 Å². The van der Waals surface area contributed by atoms with Crippen LogP contribution in [-0.4, -0.2) is 30.4 Å². The van der Waals surface area contributed by atoms with Crippen LogP contribution in [0.1, 0.15) is 25.0 Å². The molecule has 2 atom stereocenters. The Kier molecular flexibility index (Phi) is 3.65. The van der Waals surface area contributed by atoms with Gasteiger partial charge in [0.2, 0.25) is 0 Å². The van der Waals surface area contributed by atoms with Gasteiger partial charge in [-0.2, -0.15) is 0 Å². The molecule has 1 aromatic carbocycles. The molecule has 0 bridgehead atoms. The van der Waals surface area contributed by atoms with Gasteiger partial charge in [-0.15, -0.1) is 0 Å². The van der Waals surface area contributed by atoms with Crippen molar-refractivity contribution in [1.29, 1.82) is 0 Å². The molecule has 0 saturated carbocycles. The molecule has 2 aliphatic rings. The number of hydrogen-bond acceptors (Lipinski definition) is 4. The minimum atomic E-state index is -0.530. The maximum absolute atomic E-state index is 11.5. The third kappa shape index (κ3) is 2.52. The highest BCUT2D eigenvalue weighted by atomic mass is 79.9. The van der Waals surface area contributed by atoms with Gasteiger partial charge in [0.1, 0.15) is 11.6 Å². The van der Waals surface area contributed by atoms with Gasteiger partial charge in [-0.25, -0.2) is 15.1 Å². The van der Waals surface area contributed by atoms with Crippen LogP contribution in [0, 0.1) is 0 Å². The molecule has 3 rings (SSSR count). The van der Waals surface area contributed by atoms with Crippen LogP contribution < -0.4 is 5.32 Å². The van der Waals surface area contributed by atoms with Crippen LogP contribution in [-0.2, 0) is 22.3 Å². The van der Waals surface area contributed by atoms with E-state index in [0.717, 1.165) is 17.3 Å². The Labute approximate surface area is 131 Å². The molecule has 1 spiro atoms. The number of carbonyl (C=O) groups excluding carboxylic acids is 1. The number of halogens is 1. The van der Waals surface area contributed by atoms with E-state index < -0.39 is 6.09 Å². The molecule has 1 heterocycles. The molecule has 0 radical (unpaired) electrons. The molecule has 2 unspecified atom stereocenters. The molecule has 1 aliphatic heterocycles. The molecule has 5 nitrogen and oxygen atoms in total. The van der Waals surface area contributed by atoms with Gasteiger partial charge in [-0.3, -0.25) is 0 Å². The molecular weight excluding hydrogens is 336 g/mol. The molecule has 0 aromatic heterocycles. The van der Waals surface area contributed by atoms with Crippen LogP contribution in [0.15, 0.2) is 27.7 Å². The van der Waals surface area contributed by atoms with Gasteiger partial charge in [0.25, 0.3) is 6.02 Å². The highest BCUT2D eigenvalue weighted by Gasteiger charge is 2.48. The summed E-state index contributed by atoms with van der Waals surface area (Å²) in [6.45, 7) is 4.06.